The molecule has 1 aromatic heterocycles. The van der Waals surface area contributed by atoms with Gasteiger partial charge in [0.05, 0.1) is 5.56 Å². The molecule has 2 N–H and O–H groups in total. The molecule has 24 heavy (non-hydrogen) atoms. The quantitative estimate of drug-likeness (QED) is 0.786. The highest BCUT2D eigenvalue weighted by Crippen LogP contribution is 2.15. The minimum atomic E-state index is -1.04. The molecule has 1 aliphatic heterocycles. The Labute approximate surface area is 139 Å². The maximum absolute atomic E-state index is 12.1. The van der Waals surface area contributed by atoms with Crippen molar-refractivity contribution in [2.75, 3.05) is 6.54 Å². The van der Waals surface area contributed by atoms with Gasteiger partial charge in [0.15, 0.2) is 0 Å². The van der Waals surface area contributed by atoms with Crippen LogP contribution in [0.25, 0.3) is 0 Å². The van der Waals surface area contributed by atoms with Crippen molar-refractivity contribution < 1.29 is 14.7 Å². The van der Waals surface area contributed by atoms with Gasteiger partial charge in [-0.3, -0.25) is 4.79 Å². The summed E-state index contributed by atoms with van der Waals surface area (Å²) in [6.45, 7) is 1.49. The Bertz CT molecular complexity index is 754. The van der Waals surface area contributed by atoms with E-state index >= 15 is 0 Å². The van der Waals surface area contributed by atoms with Gasteiger partial charge in [0.25, 0.3) is 5.91 Å². The Kier molecular flexibility index (Phi) is 4.88. The molecular weight excluding hydrogens is 308 g/mol. The predicted octanol–water partition coefficient (Wildman–Crippen LogP) is 1.68. The molecule has 7 heteroatoms. The van der Waals surface area contributed by atoms with Crippen molar-refractivity contribution in [3.63, 3.8) is 0 Å². The number of fused-ring (bicyclic) bond motifs is 1. The second-order valence-electron chi connectivity index (χ2n) is 5.89. The SMILES string of the molecule is O=C(O)c1cccc(C(=O)NCCCc2nnc3n2CCCC3)c1. The lowest BCUT2D eigenvalue weighted by Gasteiger charge is -2.14. The molecule has 1 aliphatic rings. The summed E-state index contributed by atoms with van der Waals surface area (Å²) in [4.78, 5) is 23.0. The number of rotatable bonds is 6. The molecule has 0 atom stereocenters. The third-order valence-corrected chi connectivity index (χ3v) is 4.17. The van der Waals surface area contributed by atoms with Gasteiger partial charge in [-0.2, -0.15) is 0 Å². The maximum Gasteiger partial charge on any atom is 0.335 e. The third kappa shape index (κ3) is 3.61. The van der Waals surface area contributed by atoms with Gasteiger partial charge < -0.3 is 15.0 Å². The first-order chi connectivity index (χ1) is 11.6. The molecule has 0 saturated carbocycles. The summed E-state index contributed by atoms with van der Waals surface area (Å²) in [6.07, 6.45) is 4.85. The number of aromatic carboxylic acids is 1. The van der Waals surface area contributed by atoms with Gasteiger partial charge >= 0.3 is 5.97 Å². The lowest BCUT2D eigenvalue weighted by Crippen LogP contribution is -2.25. The highest BCUT2D eigenvalue weighted by Gasteiger charge is 2.15. The van der Waals surface area contributed by atoms with E-state index in [0.717, 1.165) is 43.9 Å². The number of benzene rings is 1. The zero-order chi connectivity index (χ0) is 16.9. The van der Waals surface area contributed by atoms with E-state index in [-0.39, 0.29) is 11.5 Å². The van der Waals surface area contributed by atoms with Gasteiger partial charge in [-0.25, -0.2) is 4.79 Å². The van der Waals surface area contributed by atoms with Crippen LogP contribution in [0.4, 0.5) is 0 Å². The molecule has 1 amide bonds. The molecule has 1 aromatic carbocycles. The zero-order valence-electron chi connectivity index (χ0n) is 13.4. The molecule has 2 aromatic rings. The first-order valence-corrected chi connectivity index (χ1v) is 8.17. The number of hydrogen-bond donors (Lipinski definition) is 2. The minimum absolute atomic E-state index is 0.109. The summed E-state index contributed by atoms with van der Waals surface area (Å²) in [5.41, 5.74) is 0.465. The molecule has 0 aliphatic carbocycles. The fourth-order valence-electron chi connectivity index (χ4n) is 2.90. The molecule has 7 nitrogen and oxygen atoms in total. The molecule has 0 fully saturated rings. The van der Waals surface area contributed by atoms with Crippen molar-refractivity contribution in [3.05, 3.63) is 47.0 Å². The molecule has 3 rings (SSSR count). The topological polar surface area (TPSA) is 97.1 Å². The van der Waals surface area contributed by atoms with E-state index in [1.807, 2.05) is 0 Å². The number of hydrogen-bond acceptors (Lipinski definition) is 4. The lowest BCUT2D eigenvalue weighted by atomic mass is 10.1. The van der Waals surface area contributed by atoms with Gasteiger partial charge in [-0.15, -0.1) is 10.2 Å². The van der Waals surface area contributed by atoms with Crippen molar-refractivity contribution in [1.82, 2.24) is 20.1 Å². The fraction of sp³-hybridized carbons (Fsp3) is 0.412. The van der Waals surface area contributed by atoms with Crippen LogP contribution in [0.1, 0.15) is 51.6 Å². The summed E-state index contributed by atoms with van der Waals surface area (Å²) in [7, 11) is 0. The molecule has 0 saturated heterocycles. The Morgan fingerprint density at radius 1 is 1.21 bits per heavy atom. The second-order valence-corrected chi connectivity index (χ2v) is 5.89. The van der Waals surface area contributed by atoms with Crippen LogP contribution in [0, 0.1) is 0 Å². The van der Waals surface area contributed by atoms with E-state index in [1.165, 1.54) is 18.6 Å². The number of amides is 1. The van der Waals surface area contributed by atoms with Crippen LogP contribution < -0.4 is 5.32 Å². The number of nitrogens with one attached hydrogen (secondary N) is 1. The van der Waals surface area contributed by atoms with E-state index in [0.29, 0.717) is 12.1 Å². The maximum atomic E-state index is 12.1. The van der Waals surface area contributed by atoms with E-state index in [9.17, 15) is 9.59 Å². The fourth-order valence-corrected chi connectivity index (χ4v) is 2.90. The Morgan fingerprint density at radius 3 is 2.88 bits per heavy atom. The molecule has 0 unspecified atom stereocenters. The number of carboxylic acids is 1. The van der Waals surface area contributed by atoms with Crippen LogP contribution in [-0.2, 0) is 19.4 Å². The highest BCUT2D eigenvalue weighted by atomic mass is 16.4. The molecular formula is C17H20N4O3. The highest BCUT2D eigenvalue weighted by molar-refractivity contribution is 5.97. The van der Waals surface area contributed by atoms with Crippen LogP contribution in [0.2, 0.25) is 0 Å². The van der Waals surface area contributed by atoms with Crippen LogP contribution in [0.5, 0.6) is 0 Å². The largest absolute Gasteiger partial charge is 0.478 e. The van der Waals surface area contributed by atoms with Crippen LogP contribution >= 0.6 is 0 Å². The average Bonchev–Trinajstić information content (AvgIpc) is 3.02. The van der Waals surface area contributed by atoms with Crippen molar-refractivity contribution in [3.8, 4) is 0 Å². The Balaban J connectivity index is 1.50. The number of carbonyl (C=O) groups excluding carboxylic acids is 1. The molecule has 2 heterocycles. The normalized spacial score (nSPS) is 13.3. The Hall–Kier alpha value is -2.70. The molecule has 0 bridgehead atoms. The summed E-state index contributed by atoms with van der Waals surface area (Å²) in [5.74, 6) is 0.736. The van der Waals surface area contributed by atoms with Crippen molar-refractivity contribution >= 4 is 11.9 Å². The monoisotopic (exact) mass is 328 g/mol. The van der Waals surface area contributed by atoms with E-state index in [2.05, 4.69) is 20.1 Å². The first-order valence-electron chi connectivity index (χ1n) is 8.17. The van der Waals surface area contributed by atoms with Crippen molar-refractivity contribution in [2.45, 2.75) is 38.6 Å². The number of aromatic nitrogens is 3. The number of aryl methyl sites for hydroxylation is 2. The predicted molar refractivity (Wildman–Crippen MR) is 87.0 cm³/mol. The first kappa shape index (κ1) is 16.2. The van der Waals surface area contributed by atoms with Gasteiger partial charge in [0, 0.05) is 31.5 Å². The smallest absolute Gasteiger partial charge is 0.335 e. The third-order valence-electron chi connectivity index (χ3n) is 4.17. The summed E-state index contributed by atoms with van der Waals surface area (Å²) < 4.78 is 2.18. The van der Waals surface area contributed by atoms with E-state index in [1.54, 1.807) is 12.1 Å². The summed E-state index contributed by atoms with van der Waals surface area (Å²) >= 11 is 0. The number of carboxylic acid groups (broad SMARTS) is 1. The average molecular weight is 328 g/mol. The summed E-state index contributed by atoms with van der Waals surface area (Å²) in [5, 5.41) is 20.2. The summed E-state index contributed by atoms with van der Waals surface area (Å²) in [6, 6.07) is 6.03. The van der Waals surface area contributed by atoms with Gasteiger partial charge in [0.1, 0.15) is 11.6 Å². The van der Waals surface area contributed by atoms with E-state index in [4.69, 9.17) is 5.11 Å². The van der Waals surface area contributed by atoms with Gasteiger partial charge in [-0.05, 0) is 37.5 Å². The standard InChI is InChI=1S/C17H20N4O3/c22-16(12-5-3-6-13(11-12)17(23)24)18-9-4-8-15-20-19-14-7-1-2-10-21(14)15/h3,5-6,11H,1-2,4,7-10H2,(H,18,22)(H,23,24). The van der Waals surface area contributed by atoms with Crippen LogP contribution in [0.3, 0.4) is 0 Å². The van der Waals surface area contributed by atoms with Crippen LogP contribution in [-0.4, -0.2) is 38.3 Å². The minimum Gasteiger partial charge on any atom is -0.478 e. The van der Waals surface area contributed by atoms with E-state index < -0.39 is 5.97 Å². The molecule has 0 spiro atoms. The van der Waals surface area contributed by atoms with Crippen molar-refractivity contribution in [2.24, 2.45) is 0 Å². The van der Waals surface area contributed by atoms with Crippen LogP contribution in [0.15, 0.2) is 24.3 Å². The number of nitrogens with zero attached hydrogens (tertiary/aromatic N) is 3. The molecule has 126 valence electrons. The molecule has 0 radical (unpaired) electrons. The zero-order valence-corrected chi connectivity index (χ0v) is 13.4. The van der Waals surface area contributed by atoms with Gasteiger partial charge in [-0.1, -0.05) is 6.07 Å². The lowest BCUT2D eigenvalue weighted by molar-refractivity contribution is 0.0697. The van der Waals surface area contributed by atoms with Crippen molar-refractivity contribution in [1.29, 1.82) is 0 Å². The Morgan fingerprint density at radius 2 is 2.04 bits per heavy atom. The second kappa shape index (κ2) is 7.25. The number of carbonyl (C=O) groups is 2. The van der Waals surface area contributed by atoms with Gasteiger partial charge in [0.2, 0.25) is 0 Å².